The maximum atomic E-state index is 13.3. The number of hydrogen-bond donors (Lipinski definition) is 1. The van der Waals surface area contributed by atoms with Crippen molar-refractivity contribution in [2.45, 2.75) is 25.9 Å². The molecule has 0 radical (unpaired) electrons. The fraction of sp³-hybridized carbons (Fsp3) is 0.231. The molecule has 1 N–H and O–H groups in total. The number of halogens is 2. The molecule has 0 aliphatic rings. The number of ether oxygens (including phenoxy) is 1. The van der Waals surface area contributed by atoms with E-state index >= 15 is 0 Å². The van der Waals surface area contributed by atoms with E-state index in [2.05, 4.69) is 5.32 Å². The highest BCUT2D eigenvalue weighted by Gasteiger charge is 2.30. The van der Waals surface area contributed by atoms with Crippen molar-refractivity contribution in [2.24, 2.45) is 0 Å². The third-order valence-electron chi connectivity index (χ3n) is 5.04. The Morgan fingerprint density at radius 3 is 2.36 bits per heavy atom. The monoisotopic (exact) mass is 468 g/mol. The molecule has 0 spiro atoms. The van der Waals surface area contributed by atoms with E-state index in [1.54, 1.807) is 18.2 Å². The molecule has 0 bridgehead atoms. The van der Waals surface area contributed by atoms with Crippen LogP contribution in [0.15, 0.2) is 78.9 Å². The molecule has 33 heavy (non-hydrogen) atoms. The largest absolute Gasteiger partial charge is 0.484 e. The van der Waals surface area contributed by atoms with Crippen LogP contribution in [-0.4, -0.2) is 35.9 Å². The van der Waals surface area contributed by atoms with E-state index in [9.17, 15) is 14.0 Å². The van der Waals surface area contributed by atoms with E-state index in [0.29, 0.717) is 23.7 Å². The maximum absolute atomic E-state index is 13.3. The van der Waals surface area contributed by atoms with Gasteiger partial charge >= 0.3 is 0 Å². The van der Waals surface area contributed by atoms with Crippen molar-refractivity contribution in [1.82, 2.24) is 10.2 Å². The van der Waals surface area contributed by atoms with Crippen LogP contribution < -0.4 is 10.1 Å². The van der Waals surface area contributed by atoms with Gasteiger partial charge in [0, 0.05) is 24.5 Å². The van der Waals surface area contributed by atoms with Crippen LogP contribution in [0.2, 0.25) is 5.02 Å². The molecule has 0 saturated heterocycles. The summed E-state index contributed by atoms with van der Waals surface area (Å²) in [4.78, 5) is 27.9. The molecule has 1 atom stereocenters. The van der Waals surface area contributed by atoms with Crippen LogP contribution in [0.25, 0.3) is 0 Å². The lowest BCUT2D eigenvalue weighted by molar-refractivity contribution is -0.142. The van der Waals surface area contributed by atoms with Crippen LogP contribution in [0.1, 0.15) is 18.1 Å². The quantitative estimate of drug-likeness (QED) is 0.472. The van der Waals surface area contributed by atoms with Gasteiger partial charge in [-0.2, -0.15) is 0 Å². The molecule has 3 aromatic rings. The molecule has 2 amide bonds. The van der Waals surface area contributed by atoms with Crippen LogP contribution in [0, 0.1) is 5.82 Å². The summed E-state index contributed by atoms with van der Waals surface area (Å²) in [5, 5.41) is 3.38. The van der Waals surface area contributed by atoms with Crippen LogP contribution >= 0.6 is 11.6 Å². The van der Waals surface area contributed by atoms with Crippen LogP contribution in [0.3, 0.4) is 0 Å². The second kappa shape index (κ2) is 12.0. The lowest BCUT2D eigenvalue weighted by Gasteiger charge is -2.31. The van der Waals surface area contributed by atoms with Crippen molar-refractivity contribution in [1.29, 1.82) is 0 Å². The molecule has 0 heterocycles. The number of nitrogens with one attached hydrogen (secondary N) is 1. The molecule has 1 unspecified atom stereocenters. The van der Waals surface area contributed by atoms with Gasteiger partial charge < -0.3 is 15.0 Å². The van der Waals surface area contributed by atoms with Crippen LogP contribution in [0.5, 0.6) is 5.75 Å². The molecular formula is C26H26ClFN2O3. The number of carbonyl (C=O) groups is 2. The molecular weight excluding hydrogens is 443 g/mol. The molecule has 0 saturated carbocycles. The average Bonchev–Trinajstić information content (AvgIpc) is 2.81. The highest BCUT2D eigenvalue weighted by molar-refractivity contribution is 6.30. The minimum absolute atomic E-state index is 0.181. The normalized spacial score (nSPS) is 11.5. The van der Waals surface area contributed by atoms with Gasteiger partial charge in [0.1, 0.15) is 17.6 Å². The summed E-state index contributed by atoms with van der Waals surface area (Å²) in [5.41, 5.74) is 1.72. The Morgan fingerprint density at radius 2 is 1.70 bits per heavy atom. The third-order valence-corrected chi connectivity index (χ3v) is 5.28. The predicted molar refractivity (Wildman–Crippen MR) is 127 cm³/mol. The van der Waals surface area contributed by atoms with E-state index in [1.165, 1.54) is 29.2 Å². The Kier molecular flexibility index (Phi) is 8.84. The summed E-state index contributed by atoms with van der Waals surface area (Å²) < 4.78 is 18.8. The topological polar surface area (TPSA) is 58.6 Å². The zero-order chi connectivity index (χ0) is 23.6. The standard InChI is InChI=1S/C26H26ClFN2O3/c1-2-29-26(32)24(16-19-7-4-3-5-8-19)30(17-20-9-6-10-21(27)15-20)25(31)18-33-23-13-11-22(28)12-14-23/h3-15,24H,2,16-18H2,1H3,(H,29,32). The molecule has 0 fully saturated rings. The number of carbonyl (C=O) groups excluding carboxylic acids is 2. The molecule has 5 nitrogen and oxygen atoms in total. The highest BCUT2D eigenvalue weighted by atomic mass is 35.5. The van der Waals surface area contributed by atoms with Gasteiger partial charge in [0.2, 0.25) is 5.91 Å². The van der Waals surface area contributed by atoms with Crippen molar-refractivity contribution < 1.29 is 18.7 Å². The number of hydrogen-bond acceptors (Lipinski definition) is 3. The lowest BCUT2D eigenvalue weighted by atomic mass is 10.0. The Morgan fingerprint density at radius 1 is 1.00 bits per heavy atom. The molecule has 3 rings (SSSR count). The molecule has 0 aliphatic heterocycles. The number of amides is 2. The van der Waals surface area contributed by atoms with Crippen molar-refractivity contribution in [3.63, 3.8) is 0 Å². The van der Waals surface area contributed by atoms with Crippen molar-refractivity contribution >= 4 is 23.4 Å². The van der Waals surface area contributed by atoms with Gasteiger partial charge in [-0.3, -0.25) is 9.59 Å². The minimum atomic E-state index is -0.754. The first-order valence-corrected chi connectivity index (χ1v) is 11.1. The van der Waals surface area contributed by atoms with E-state index in [0.717, 1.165) is 11.1 Å². The average molecular weight is 469 g/mol. The van der Waals surface area contributed by atoms with E-state index in [4.69, 9.17) is 16.3 Å². The van der Waals surface area contributed by atoms with E-state index in [-0.39, 0.29) is 25.0 Å². The summed E-state index contributed by atoms with van der Waals surface area (Å²) in [6.07, 6.45) is 0.343. The molecule has 3 aromatic carbocycles. The Labute approximate surface area is 198 Å². The third kappa shape index (κ3) is 7.32. The van der Waals surface area contributed by atoms with E-state index < -0.39 is 11.9 Å². The lowest BCUT2D eigenvalue weighted by Crippen LogP contribution is -2.51. The second-order valence-electron chi connectivity index (χ2n) is 7.49. The molecule has 0 aliphatic carbocycles. The predicted octanol–water partition coefficient (Wildman–Crippen LogP) is 4.63. The SMILES string of the molecule is CCNC(=O)C(Cc1ccccc1)N(Cc1cccc(Cl)c1)C(=O)COc1ccc(F)cc1. The summed E-state index contributed by atoms with van der Waals surface area (Å²) in [6, 6.07) is 21.4. The van der Waals surface area contributed by atoms with Crippen molar-refractivity contribution in [2.75, 3.05) is 13.2 Å². The summed E-state index contributed by atoms with van der Waals surface area (Å²) in [7, 11) is 0. The highest BCUT2D eigenvalue weighted by Crippen LogP contribution is 2.18. The number of likely N-dealkylation sites (N-methyl/N-ethyl adjacent to an activating group) is 1. The Hall–Kier alpha value is -3.38. The number of nitrogens with zero attached hydrogens (tertiary/aromatic N) is 1. The minimum Gasteiger partial charge on any atom is -0.484 e. The first-order chi connectivity index (χ1) is 16.0. The smallest absolute Gasteiger partial charge is 0.261 e. The van der Waals surface area contributed by atoms with Gasteiger partial charge in [0.25, 0.3) is 5.91 Å². The van der Waals surface area contributed by atoms with Gasteiger partial charge in [-0.05, 0) is 54.4 Å². The van der Waals surface area contributed by atoms with Gasteiger partial charge in [-0.15, -0.1) is 0 Å². The molecule has 172 valence electrons. The number of rotatable bonds is 10. The fourth-order valence-corrected chi connectivity index (χ4v) is 3.65. The molecule has 7 heteroatoms. The van der Waals surface area contributed by atoms with Crippen molar-refractivity contribution in [3.8, 4) is 5.75 Å². The number of benzene rings is 3. The van der Waals surface area contributed by atoms with Gasteiger partial charge in [-0.1, -0.05) is 54.1 Å². The zero-order valence-corrected chi connectivity index (χ0v) is 19.1. The summed E-state index contributed by atoms with van der Waals surface area (Å²) in [6.45, 7) is 2.16. The maximum Gasteiger partial charge on any atom is 0.261 e. The van der Waals surface area contributed by atoms with Gasteiger partial charge in [-0.25, -0.2) is 4.39 Å². The van der Waals surface area contributed by atoms with Crippen molar-refractivity contribution in [3.05, 3.63) is 101 Å². The summed E-state index contributed by atoms with van der Waals surface area (Å²) in [5.74, 6) is -0.648. The second-order valence-corrected chi connectivity index (χ2v) is 7.93. The van der Waals surface area contributed by atoms with Gasteiger partial charge in [0.15, 0.2) is 6.61 Å². The molecule has 0 aromatic heterocycles. The van der Waals surface area contributed by atoms with Gasteiger partial charge in [0.05, 0.1) is 0 Å². The Balaban J connectivity index is 1.88. The Bertz CT molecular complexity index is 1060. The van der Waals surface area contributed by atoms with E-state index in [1.807, 2.05) is 43.3 Å². The van der Waals surface area contributed by atoms with Crippen LogP contribution in [-0.2, 0) is 22.6 Å². The first kappa shape index (κ1) is 24.3. The van der Waals surface area contributed by atoms with Crippen LogP contribution in [0.4, 0.5) is 4.39 Å². The summed E-state index contributed by atoms with van der Waals surface area (Å²) >= 11 is 6.15. The fourth-order valence-electron chi connectivity index (χ4n) is 3.44. The zero-order valence-electron chi connectivity index (χ0n) is 18.3. The first-order valence-electron chi connectivity index (χ1n) is 10.7.